The highest BCUT2D eigenvalue weighted by Gasteiger charge is 2.36. The molecule has 2 rings (SSSR count). The van der Waals surface area contributed by atoms with Gasteiger partial charge in [-0.25, -0.2) is 0 Å². The van der Waals surface area contributed by atoms with E-state index < -0.39 is 11.8 Å². The van der Waals surface area contributed by atoms with E-state index in [2.05, 4.69) is 19.9 Å². The molecule has 2 aromatic carbocycles. The summed E-state index contributed by atoms with van der Waals surface area (Å²) < 4.78 is 11.6. The Hall–Kier alpha value is -1.98. The Morgan fingerprint density at radius 1 is 1.12 bits per heavy atom. The fourth-order valence-corrected chi connectivity index (χ4v) is 3.75. The molecule has 0 aliphatic carbocycles. The summed E-state index contributed by atoms with van der Waals surface area (Å²) >= 11 is 1.78. The summed E-state index contributed by atoms with van der Waals surface area (Å²) in [5.41, 5.74) is 6.36. The molecule has 0 saturated heterocycles. The quantitative estimate of drug-likeness (QED) is 0.351. The van der Waals surface area contributed by atoms with Crippen molar-refractivity contribution in [3.63, 3.8) is 0 Å². The van der Waals surface area contributed by atoms with E-state index in [1.807, 2.05) is 48.5 Å². The number of ether oxygens (including phenoxy) is 2. The minimum absolute atomic E-state index is 0.374. The fraction of sp³-hybridized carbons (Fsp3) is 0.381. The van der Waals surface area contributed by atoms with E-state index in [1.165, 1.54) is 0 Å². The lowest BCUT2D eigenvalue weighted by atomic mass is 9.86. The van der Waals surface area contributed by atoms with Gasteiger partial charge in [0, 0.05) is 11.3 Å². The van der Waals surface area contributed by atoms with Crippen molar-refractivity contribution in [3.8, 4) is 5.75 Å². The van der Waals surface area contributed by atoms with E-state index in [0.29, 0.717) is 19.3 Å². The summed E-state index contributed by atoms with van der Waals surface area (Å²) in [6.07, 6.45) is 1.43. The number of carbonyl (C=O) groups is 1. The predicted molar refractivity (Wildman–Crippen MR) is 106 cm³/mol. The highest BCUT2D eigenvalue weighted by atomic mass is 32.2. The molecule has 2 unspecified atom stereocenters. The lowest BCUT2D eigenvalue weighted by molar-refractivity contribution is -0.136. The van der Waals surface area contributed by atoms with E-state index >= 15 is 0 Å². The van der Waals surface area contributed by atoms with Crippen molar-refractivity contribution >= 4 is 18.2 Å². The Kier molecular flexibility index (Phi) is 8.01. The van der Waals surface area contributed by atoms with Crippen molar-refractivity contribution in [2.75, 3.05) is 5.75 Å². The number of rotatable bonds is 11. The second kappa shape index (κ2) is 10.2. The molecule has 2 N–H and O–H groups in total. The first-order valence-corrected chi connectivity index (χ1v) is 9.94. The van der Waals surface area contributed by atoms with Gasteiger partial charge >= 0.3 is 0 Å². The van der Waals surface area contributed by atoms with Gasteiger partial charge in [-0.2, -0.15) is 0 Å². The molecule has 140 valence electrons. The van der Waals surface area contributed by atoms with Crippen LogP contribution in [0.1, 0.15) is 38.7 Å². The van der Waals surface area contributed by atoms with Gasteiger partial charge in [0.05, 0.1) is 0 Å². The lowest BCUT2D eigenvalue weighted by Gasteiger charge is -2.36. The second-order valence-electron chi connectivity index (χ2n) is 6.09. The lowest BCUT2D eigenvalue weighted by Crippen LogP contribution is -2.40. The van der Waals surface area contributed by atoms with Crippen LogP contribution in [-0.4, -0.2) is 18.5 Å². The zero-order valence-corrected chi connectivity index (χ0v) is 16.2. The van der Waals surface area contributed by atoms with E-state index in [0.717, 1.165) is 28.4 Å². The van der Waals surface area contributed by atoms with Gasteiger partial charge in [0.1, 0.15) is 11.4 Å². The number of hydrogen-bond donors (Lipinski definition) is 1. The van der Waals surface area contributed by atoms with Crippen LogP contribution < -0.4 is 10.5 Å². The second-order valence-corrected chi connectivity index (χ2v) is 7.22. The van der Waals surface area contributed by atoms with Crippen molar-refractivity contribution in [3.05, 3.63) is 60.2 Å². The average Bonchev–Trinajstić information content (AvgIpc) is 2.67. The third-order valence-corrected chi connectivity index (χ3v) is 5.51. The summed E-state index contributed by atoms with van der Waals surface area (Å²) in [6, 6.07) is 18.0. The third-order valence-electron chi connectivity index (χ3n) is 4.25. The van der Waals surface area contributed by atoms with Crippen LogP contribution in [0.25, 0.3) is 0 Å². The summed E-state index contributed by atoms with van der Waals surface area (Å²) in [5.74, 6) is 1.86. The number of hydrogen-bond acceptors (Lipinski definition) is 5. The van der Waals surface area contributed by atoms with Crippen molar-refractivity contribution in [2.24, 2.45) is 5.73 Å². The molecule has 0 radical (unpaired) electrons. The molecule has 0 heterocycles. The summed E-state index contributed by atoms with van der Waals surface area (Å²) in [5, 5.41) is 0. The first kappa shape index (κ1) is 20.3. The van der Waals surface area contributed by atoms with Gasteiger partial charge in [0.15, 0.2) is 6.23 Å². The van der Waals surface area contributed by atoms with Gasteiger partial charge in [0.25, 0.3) is 6.47 Å². The number of para-hydroxylation sites is 1. The number of benzene rings is 2. The summed E-state index contributed by atoms with van der Waals surface area (Å²) in [7, 11) is 0. The van der Waals surface area contributed by atoms with Gasteiger partial charge in [-0.05, 0) is 36.3 Å². The molecule has 4 nitrogen and oxygen atoms in total. The van der Waals surface area contributed by atoms with E-state index in [9.17, 15) is 4.79 Å². The minimum atomic E-state index is -0.733. The molecule has 0 amide bonds. The molecular formula is C21H27NO3S. The Morgan fingerprint density at radius 2 is 1.81 bits per heavy atom. The summed E-state index contributed by atoms with van der Waals surface area (Å²) in [6.45, 7) is 4.61. The molecule has 0 bridgehead atoms. The summed E-state index contributed by atoms with van der Waals surface area (Å²) in [4.78, 5) is 11.8. The van der Waals surface area contributed by atoms with Crippen LogP contribution in [0, 0.1) is 0 Å². The molecule has 2 aromatic rings. The average molecular weight is 374 g/mol. The number of thioether (sulfide) groups is 1. The molecule has 0 aliphatic heterocycles. The maximum atomic E-state index is 10.7. The Morgan fingerprint density at radius 3 is 2.46 bits per heavy atom. The maximum absolute atomic E-state index is 10.7. The molecule has 26 heavy (non-hydrogen) atoms. The first-order valence-electron chi connectivity index (χ1n) is 8.96. The van der Waals surface area contributed by atoms with Crippen LogP contribution in [0.5, 0.6) is 5.75 Å². The minimum Gasteiger partial charge on any atom is -0.481 e. The van der Waals surface area contributed by atoms with E-state index in [1.54, 1.807) is 11.8 Å². The maximum Gasteiger partial charge on any atom is 0.294 e. The molecule has 0 aromatic heterocycles. The fourth-order valence-electron chi connectivity index (χ4n) is 2.90. The first-order chi connectivity index (χ1) is 12.6. The van der Waals surface area contributed by atoms with E-state index in [4.69, 9.17) is 15.2 Å². The van der Waals surface area contributed by atoms with Crippen molar-refractivity contribution < 1.29 is 14.3 Å². The number of carbonyl (C=O) groups excluding carboxylic acids is 1. The highest BCUT2D eigenvalue weighted by Crippen LogP contribution is 2.39. The van der Waals surface area contributed by atoms with Crippen molar-refractivity contribution in [1.82, 2.24) is 0 Å². The van der Waals surface area contributed by atoms with Crippen LogP contribution in [0.4, 0.5) is 0 Å². The van der Waals surface area contributed by atoms with Gasteiger partial charge in [-0.15, -0.1) is 11.8 Å². The third kappa shape index (κ3) is 5.26. The SMILES string of the molecule is CCCSc1ccccc1OC(CC)(CC(N)OC=O)c1ccccc1. The molecule has 0 saturated carbocycles. The van der Waals surface area contributed by atoms with Gasteiger partial charge in [-0.1, -0.05) is 56.3 Å². The Balaban J connectivity index is 2.39. The highest BCUT2D eigenvalue weighted by molar-refractivity contribution is 7.99. The molecular weight excluding hydrogens is 346 g/mol. The Labute approximate surface area is 160 Å². The monoisotopic (exact) mass is 373 g/mol. The zero-order valence-electron chi connectivity index (χ0n) is 15.4. The smallest absolute Gasteiger partial charge is 0.294 e. The normalized spacial score (nSPS) is 14.3. The van der Waals surface area contributed by atoms with Crippen molar-refractivity contribution in [1.29, 1.82) is 0 Å². The zero-order chi connectivity index (χ0) is 18.8. The predicted octanol–water partition coefficient (Wildman–Crippen LogP) is 4.72. The van der Waals surface area contributed by atoms with Gasteiger partial charge < -0.3 is 9.47 Å². The topological polar surface area (TPSA) is 61.6 Å². The van der Waals surface area contributed by atoms with Crippen LogP contribution in [0.15, 0.2) is 59.5 Å². The van der Waals surface area contributed by atoms with Crippen LogP contribution in [0.3, 0.4) is 0 Å². The molecule has 0 aliphatic rings. The van der Waals surface area contributed by atoms with E-state index in [-0.39, 0.29) is 0 Å². The van der Waals surface area contributed by atoms with Gasteiger partial charge in [0.2, 0.25) is 0 Å². The van der Waals surface area contributed by atoms with Gasteiger partial charge in [-0.3, -0.25) is 10.5 Å². The van der Waals surface area contributed by atoms with Crippen LogP contribution in [-0.2, 0) is 15.1 Å². The molecule has 0 fully saturated rings. The molecule has 2 atom stereocenters. The van der Waals surface area contributed by atoms with Crippen molar-refractivity contribution in [2.45, 2.75) is 49.8 Å². The molecule has 5 heteroatoms. The number of nitrogens with two attached hydrogens (primary N) is 1. The Bertz CT molecular complexity index is 680. The standard InChI is InChI=1S/C21H27NO3S/c1-3-14-26-19-13-9-8-12-18(19)25-21(4-2,15-20(22)24-16-23)17-10-6-5-7-11-17/h5-13,16,20H,3-4,14-15,22H2,1-2H3. The van der Waals surface area contributed by atoms with Crippen LogP contribution in [0.2, 0.25) is 0 Å². The largest absolute Gasteiger partial charge is 0.481 e. The van der Waals surface area contributed by atoms with Crippen LogP contribution >= 0.6 is 11.8 Å². The molecule has 0 spiro atoms.